The normalized spacial score (nSPS) is 13.7. The molecule has 3 rings (SSSR count). The summed E-state index contributed by atoms with van der Waals surface area (Å²) in [6.45, 7) is 1.06. The number of likely N-dealkylation sites (N-methyl/N-ethyl adjacent to an activating group) is 1. The van der Waals surface area contributed by atoms with Gasteiger partial charge in [-0.1, -0.05) is 12.1 Å². The third kappa shape index (κ3) is 3.98. The molecule has 1 heterocycles. The molecule has 2 aromatic rings. The van der Waals surface area contributed by atoms with E-state index in [2.05, 4.69) is 5.32 Å². The molecule has 0 spiro atoms. The summed E-state index contributed by atoms with van der Waals surface area (Å²) in [5.74, 6) is 0.929. The van der Waals surface area contributed by atoms with Gasteiger partial charge in [-0.3, -0.25) is 4.79 Å². The Labute approximate surface area is 133 Å². The predicted molar refractivity (Wildman–Crippen MR) is 83.1 cm³/mol. The number of ether oxygens (including phenoxy) is 2. The second kappa shape index (κ2) is 6.66. The van der Waals surface area contributed by atoms with E-state index < -0.39 is 0 Å². The van der Waals surface area contributed by atoms with Gasteiger partial charge < -0.3 is 19.7 Å². The molecule has 0 fully saturated rings. The zero-order chi connectivity index (χ0) is 16.2. The van der Waals surface area contributed by atoms with Crippen LogP contribution in [-0.4, -0.2) is 26.3 Å². The lowest BCUT2D eigenvalue weighted by atomic mass is 10.2. The fourth-order valence-electron chi connectivity index (χ4n) is 2.51. The molecule has 1 amide bonds. The number of hydrogen-bond acceptors (Lipinski definition) is 3. The molecule has 1 atom stereocenters. The van der Waals surface area contributed by atoms with Gasteiger partial charge in [0, 0.05) is 17.3 Å². The van der Waals surface area contributed by atoms with Crippen molar-refractivity contribution in [3.63, 3.8) is 0 Å². The van der Waals surface area contributed by atoms with Crippen molar-refractivity contribution in [3.05, 3.63) is 53.8 Å². The van der Waals surface area contributed by atoms with Crippen LogP contribution in [0.25, 0.3) is 0 Å². The van der Waals surface area contributed by atoms with E-state index in [0.29, 0.717) is 23.7 Å². The predicted octanol–water partition coefficient (Wildman–Crippen LogP) is 1.21. The maximum Gasteiger partial charge on any atom is 0.279 e. The number of rotatable bonds is 5. The molecule has 1 aliphatic rings. The van der Waals surface area contributed by atoms with E-state index in [0.717, 1.165) is 10.5 Å². The fourth-order valence-corrected chi connectivity index (χ4v) is 2.51. The van der Waals surface area contributed by atoms with E-state index in [4.69, 9.17) is 9.47 Å². The van der Waals surface area contributed by atoms with Gasteiger partial charge in [-0.05, 0) is 24.3 Å². The molecular formula is C17H18FN2O3+. The largest absolute Gasteiger partial charge is 0.454 e. The van der Waals surface area contributed by atoms with Gasteiger partial charge in [0.1, 0.15) is 12.4 Å². The minimum atomic E-state index is -0.264. The zero-order valence-electron chi connectivity index (χ0n) is 12.8. The molecule has 6 heteroatoms. The Kier molecular flexibility index (Phi) is 4.43. The number of fused-ring (bicyclic) bond motifs is 1. The molecule has 0 aromatic heterocycles. The number of anilines is 1. The Balaban J connectivity index is 1.54. The number of carbonyl (C=O) groups excluding carboxylic acids is 1. The van der Waals surface area contributed by atoms with E-state index in [1.54, 1.807) is 24.3 Å². The Hall–Kier alpha value is -2.60. The van der Waals surface area contributed by atoms with Gasteiger partial charge in [0.2, 0.25) is 6.79 Å². The summed E-state index contributed by atoms with van der Waals surface area (Å²) >= 11 is 0. The highest BCUT2D eigenvalue weighted by Gasteiger charge is 2.15. The number of nitrogens with one attached hydrogen (secondary N) is 2. The van der Waals surface area contributed by atoms with Crippen molar-refractivity contribution < 1.29 is 23.6 Å². The Morgan fingerprint density at radius 2 is 2.04 bits per heavy atom. The van der Waals surface area contributed by atoms with Gasteiger partial charge in [0.05, 0.1) is 7.05 Å². The van der Waals surface area contributed by atoms with E-state index in [-0.39, 0.29) is 25.1 Å². The van der Waals surface area contributed by atoms with Crippen LogP contribution in [0.1, 0.15) is 5.56 Å². The first-order chi connectivity index (χ1) is 11.1. The SMILES string of the molecule is C[NH+](CC(=O)Nc1ccc2c(c1)OCO2)Cc1cccc(F)c1. The number of benzene rings is 2. The van der Waals surface area contributed by atoms with Gasteiger partial charge in [-0.2, -0.15) is 0 Å². The summed E-state index contributed by atoms with van der Waals surface area (Å²) in [4.78, 5) is 13.1. The van der Waals surface area contributed by atoms with Crippen molar-refractivity contribution >= 4 is 11.6 Å². The van der Waals surface area contributed by atoms with Crippen LogP contribution in [0.4, 0.5) is 10.1 Å². The molecule has 23 heavy (non-hydrogen) atoms. The molecule has 120 valence electrons. The molecule has 2 aromatic carbocycles. The van der Waals surface area contributed by atoms with Crippen molar-refractivity contribution in [2.24, 2.45) is 0 Å². The summed E-state index contributed by atoms with van der Waals surface area (Å²) in [7, 11) is 1.89. The molecule has 0 aliphatic carbocycles. The first-order valence-corrected chi connectivity index (χ1v) is 7.35. The zero-order valence-corrected chi connectivity index (χ0v) is 12.8. The smallest absolute Gasteiger partial charge is 0.279 e. The summed E-state index contributed by atoms with van der Waals surface area (Å²) in [6, 6.07) is 11.7. The Morgan fingerprint density at radius 3 is 2.87 bits per heavy atom. The molecule has 5 nitrogen and oxygen atoms in total. The minimum Gasteiger partial charge on any atom is -0.454 e. The van der Waals surface area contributed by atoms with Crippen LogP contribution in [0.15, 0.2) is 42.5 Å². The maximum absolute atomic E-state index is 13.2. The number of quaternary nitrogens is 1. The summed E-state index contributed by atoms with van der Waals surface area (Å²) in [5.41, 5.74) is 1.52. The molecule has 0 bridgehead atoms. The van der Waals surface area contributed by atoms with Crippen molar-refractivity contribution in [1.29, 1.82) is 0 Å². The van der Waals surface area contributed by atoms with Crippen LogP contribution in [0.2, 0.25) is 0 Å². The second-order valence-electron chi connectivity index (χ2n) is 5.56. The van der Waals surface area contributed by atoms with Crippen molar-refractivity contribution in [2.75, 3.05) is 25.7 Å². The molecule has 0 saturated carbocycles. The average Bonchev–Trinajstić information content (AvgIpc) is 2.94. The Bertz CT molecular complexity index is 721. The van der Waals surface area contributed by atoms with Crippen LogP contribution in [-0.2, 0) is 11.3 Å². The monoisotopic (exact) mass is 317 g/mol. The molecule has 1 unspecified atom stereocenters. The third-order valence-corrected chi connectivity index (χ3v) is 3.51. The molecule has 1 aliphatic heterocycles. The van der Waals surface area contributed by atoms with E-state index >= 15 is 0 Å². The van der Waals surface area contributed by atoms with Gasteiger partial charge >= 0.3 is 0 Å². The van der Waals surface area contributed by atoms with Crippen LogP contribution in [0.3, 0.4) is 0 Å². The van der Waals surface area contributed by atoms with Crippen molar-refractivity contribution in [1.82, 2.24) is 0 Å². The maximum atomic E-state index is 13.2. The topological polar surface area (TPSA) is 52.0 Å². The highest BCUT2D eigenvalue weighted by Crippen LogP contribution is 2.34. The summed E-state index contributed by atoms with van der Waals surface area (Å²) in [5, 5.41) is 2.83. The van der Waals surface area contributed by atoms with Crippen LogP contribution in [0.5, 0.6) is 11.5 Å². The molecular weight excluding hydrogens is 299 g/mol. The van der Waals surface area contributed by atoms with Crippen LogP contribution in [0, 0.1) is 5.82 Å². The molecule has 0 saturated heterocycles. The number of hydrogen-bond donors (Lipinski definition) is 2. The van der Waals surface area contributed by atoms with Crippen molar-refractivity contribution in [3.8, 4) is 11.5 Å². The number of carbonyl (C=O) groups is 1. The number of amides is 1. The minimum absolute atomic E-state index is 0.113. The van der Waals surface area contributed by atoms with E-state index in [9.17, 15) is 9.18 Å². The summed E-state index contributed by atoms with van der Waals surface area (Å²) < 4.78 is 23.7. The van der Waals surface area contributed by atoms with Gasteiger partial charge in [-0.15, -0.1) is 0 Å². The van der Waals surface area contributed by atoms with Crippen LogP contribution < -0.4 is 19.7 Å². The fraction of sp³-hybridized carbons (Fsp3) is 0.235. The highest BCUT2D eigenvalue weighted by molar-refractivity contribution is 5.91. The van der Waals surface area contributed by atoms with E-state index in [1.165, 1.54) is 12.1 Å². The van der Waals surface area contributed by atoms with Gasteiger partial charge in [0.15, 0.2) is 18.0 Å². The lowest BCUT2D eigenvalue weighted by Crippen LogP contribution is -3.08. The third-order valence-electron chi connectivity index (χ3n) is 3.51. The number of halogens is 1. The Morgan fingerprint density at radius 1 is 1.22 bits per heavy atom. The van der Waals surface area contributed by atoms with E-state index in [1.807, 2.05) is 13.1 Å². The standard InChI is InChI=1S/C17H17FN2O3/c1-20(9-12-3-2-4-13(18)7-12)10-17(21)19-14-5-6-15-16(8-14)23-11-22-15/h2-8H,9-11H2,1H3,(H,19,21)/p+1. The van der Waals surface area contributed by atoms with Crippen molar-refractivity contribution in [2.45, 2.75) is 6.54 Å². The highest BCUT2D eigenvalue weighted by atomic mass is 19.1. The van der Waals surface area contributed by atoms with Crippen LogP contribution >= 0.6 is 0 Å². The molecule has 2 N–H and O–H groups in total. The first kappa shape index (κ1) is 15.3. The van der Waals surface area contributed by atoms with Gasteiger partial charge in [-0.25, -0.2) is 4.39 Å². The lowest BCUT2D eigenvalue weighted by molar-refractivity contribution is -0.885. The average molecular weight is 317 g/mol. The molecule has 0 radical (unpaired) electrons. The second-order valence-corrected chi connectivity index (χ2v) is 5.56. The lowest BCUT2D eigenvalue weighted by Gasteiger charge is -2.14. The van der Waals surface area contributed by atoms with Gasteiger partial charge in [0.25, 0.3) is 5.91 Å². The summed E-state index contributed by atoms with van der Waals surface area (Å²) in [6.07, 6.45) is 0. The quantitative estimate of drug-likeness (QED) is 0.871. The first-order valence-electron chi connectivity index (χ1n) is 7.35.